The smallest absolute Gasteiger partial charge is 0.122 e. The van der Waals surface area contributed by atoms with Crippen molar-refractivity contribution in [3.8, 4) is 11.8 Å². The highest BCUT2D eigenvalue weighted by Crippen LogP contribution is 2.28. The lowest BCUT2D eigenvalue weighted by Crippen LogP contribution is -2.27. The average Bonchev–Trinajstić information content (AvgIpc) is 2.72. The van der Waals surface area contributed by atoms with Gasteiger partial charge in [0, 0.05) is 12.5 Å². The van der Waals surface area contributed by atoms with Crippen LogP contribution in [0.15, 0.2) is 18.2 Å². The molecule has 3 heteroatoms. The molecule has 1 N–H and O–H groups in total. The van der Waals surface area contributed by atoms with Crippen LogP contribution in [-0.4, -0.2) is 12.6 Å². The lowest BCUT2D eigenvalue weighted by Gasteiger charge is -2.15. The highest BCUT2D eigenvalue weighted by Gasteiger charge is 2.16. The van der Waals surface area contributed by atoms with Gasteiger partial charge < -0.3 is 4.74 Å². The molecular formula is C13H16N2O. The zero-order valence-electron chi connectivity index (χ0n) is 9.66. The monoisotopic (exact) mass is 216 g/mol. The number of nitriles is 1. The lowest BCUT2D eigenvalue weighted by molar-refractivity contribution is 0.357. The van der Waals surface area contributed by atoms with Gasteiger partial charge in [0.1, 0.15) is 11.8 Å². The van der Waals surface area contributed by atoms with Gasteiger partial charge in [-0.1, -0.05) is 6.07 Å². The largest absolute Gasteiger partial charge is 0.493 e. The van der Waals surface area contributed by atoms with E-state index in [1.54, 1.807) is 0 Å². The average molecular weight is 216 g/mol. The molecule has 16 heavy (non-hydrogen) atoms. The lowest BCUT2D eigenvalue weighted by atomic mass is 10.0. The third-order valence-corrected chi connectivity index (χ3v) is 2.68. The molecule has 0 saturated heterocycles. The van der Waals surface area contributed by atoms with E-state index in [4.69, 9.17) is 10.00 Å². The Hall–Kier alpha value is -1.53. The Labute approximate surface area is 96.0 Å². The van der Waals surface area contributed by atoms with Crippen LogP contribution >= 0.6 is 0 Å². The van der Waals surface area contributed by atoms with Crippen molar-refractivity contribution in [1.29, 1.82) is 5.26 Å². The molecule has 3 nitrogen and oxygen atoms in total. The molecule has 1 heterocycles. The number of rotatable bonds is 3. The van der Waals surface area contributed by atoms with Crippen LogP contribution in [0.2, 0.25) is 0 Å². The van der Waals surface area contributed by atoms with Crippen molar-refractivity contribution in [1.82, 2.24) is 5.32 Å². The maximum Gasteiger partial charge on any atom is 0.122 e. The van der Waals surface area contributed by atoms with E-state index in [0.717, 1.165) is 24.3 Å². The van der Waals surface area contributed by atoms with Crippen LogP contribution in [0.25, 0.3) is 0 Å². The van der Waals surface area contributed by atoms with Crippen molar-refractivity contribution in [3.05, 3.63) is 29.3 Å². The van der Waals surface area contributed by atoms with Gasteiger partial charge in [0.25, 0.3) is 0 Å². The maximum atomic E-state index is 9.13. The van der Waals surface area contributed by atoms with Gasteiger partial charge in [-0.25, -0.2) is 0 Å². The van der Waals surface area contributed by atoms with Crippen LogP contribution in [0, 0.1) is 11.3 Å². The molecule has 1 unspecified atom stereocenters. The predicted molar refractivity (Wildman–Crippen MR) is 62.3 cm³/mol. The summed E-state index contributed by atoms with van der Waals surface area (Å²) in [5.41, 5.74) is 2.24. The van der Waals surface area contributed by atoms with E-state index >= 15 is 0 Å². The van der Waals surface area contributed by atoms with Crippen molar-refractivity contribution in [2.24, 2.45) is 0 Å². The van der Waals surface area contributed by atoms with E-state index in [9.17, 15) is 0 Å². The number of hydrogen-bond acceptors (Lipinski definition) is 3. The molecule has 0 saturated carbocycles. The third-order valence-electron chi connectivity index (χ3n) is 2.68. The molecule has 0 amide bonds. The zero-order valence-corrected chi connectivity index (χ0v) is 9.66. The fraction of sp³-hybridized carbons (Fsp3) is 0.462. The van der Waals surface area contributed by atoms with E-state index in [1.807, 2.05) is 26.0 Å². The van der Waals surface area contributed by atoms with Crippen LogP contribution in [-0.2, 0) is 6.42 Å². The number of hydrogen-bond donors (Lipinski definition) is 1. The summed E-state index contributed by atoms with van der Waals surface area (Å²) in [6.45, 7) is 4.84. The van der Waals surface area contributed by atoms with Gasteiger partial charge in [-0.3, -0.25) is 5.32 Å². The Kier molecular flexibility index (Phi) is 3.12. The van der Waals surface area contributed by atoms with Crippen LogP contribution in [0.4, 0.5) is 0 Å². The first kappa shape index (κ1) is 11.0. The van der Waals surface area contributed by atoms with E-state index in [1.165, 1.54) is 5.56 Å². The summed E-state index contributed by atoms with van der Waals surface area (Å²) in [5.74, 6) is 0.963. The second-order valence-electron chi connectivity index (χ2n) is 4.35. The first-order chi connectivity index (χ1) is 7.70. The first-order valence-corrected chi connectivity index (χ1v) is 5.62. The summed E-state index contributed by atoms with van der Waals surface area (Å²) >= 11 is 0. The fourth-order valence-corrected chi connectivity index (χ4v) is 1.93. The number of nitrogens with one attached hydrogen (secondary N) is 1. The molecule has 1 atom stereocenters. The fourth-order valence-electron chi connectivity index (χ4n) is 1.93. The van der Waals surface area contributed by atoms with Gasteiger partial charge in [-0.05, 0) is 37.1 Å². The molecule has 0 spiro atoms. The Balaban J connectivity index is 2.23. The second-order valence-corrected chi connectivity index (χ2v) is 4.35. The third kappa shape index (κ3) is 2.17. The number of fused-ring (bicyclic) bond motifs is 1. The Morgan fingerprint density at radius 3 is 2.94 bits per heavy atom. The predicted octanol–water partition coefficient (Wildman–Crippen LogP) is 2.18. The Morgan fingerprint density at radius 2 is 2.25 bits per heavy atom. The van der Waals surface area contributed by atoms with Crippen molar-refractivity contribution in [2.75, 3.05) is 6.61 Å². The van der Waals surface area contributed by atoms with Gasteiger partial charge in [-0.15, -0.1) is 0 Å². The van der Waals surface area contributed by atoms with Crippen molar-refractivity contribution < 1.29 is 4.74 Å². The molecule has 2 rings (SSSR count). The summed E-state index contributed by atoms with van der Waals surface area (Å²) in [5, 5.41) is 12.4. The SMILES string of the molecule is CC(C)NC(C#N)c1ccc2c(c1)CCO2. The molecule has 1 aromatic carbocycles. The van der Waals surface area contributed by atoms with Crippen LogP contribution in [0.5, 0.6) is 5.75 Å². The van der Waals surface area contributed by atoms with E-state index in [0.29, 0.717) is 6.04 Å². The summed E-state index contributed by atoms with van der Waals surface area (Å²) in [6.07, 6.45) is 0.947. The summed E-state index contributed by atoms with van der Waals surface area (Å²) in [4.78, 5) is 0. The maximum absolute atomic E-state index is 9.13. The Morgan fingerprint density at radius 1 is 1.44 bits per heavy atom. The van der Waals surface area contributed by atoms with E-state index in [2.05, 4.69) is 17.5 Å². The van der Waals surface area contributed by atoms with Crippen LogP contribution in [0.3, 0.4) is 0 Å². The number of benzene rings is 1. The summed E-state index contributed by atoms with van der Waals surface area (Å²) < 4.78 is 5.44. The molecule has 1 aliphatic heterocycles. The second kappa shape index (κ2) is 4.54. The molecule has 0 fully saturated rings. The molecule has 0 aliphatic carbocycles. The highest BCUT2D eigenvalue weighted by molar-refractivity contribution is 5.41. The minimum atomic E-state index is -0.231. The molecular weight excluding hydrogens is 200 g/mol. The topological polar surface area (TPSA) is 45.0 Å². The highest BCUT2D eigenvalue weighted by atomic mass is 16.5. The van der Waals surface area contributed by atoms with Crippen LogP contribution < -0.4 is 10.1 Å². The molecule has 0 aromatic heterocycles. The molecule has 0 radical (unpaired) electrons. The van der Waals surface area contributed by atoms with Crippen molar-refractivity contribution in [2.45, 2.75) is 32.4 Å². The van der Waals surface area contributed by atoms with Gasteiger partial charge >= 0.3 is 0 Å². The van der Waals surface area contributed by atoms with Gasteiger partial charge in [0.05, 0.1) is 12.7 Å². The Bertz CT molecular complexity index is 420. The molecule has 84 valence electrons. The minimum Gasteiger partial charge on any atom is -0.493 e. The zero-order chi connectivity index (χ0) is 11.5. The van der Waals surface area contributed by atoms with Crippen molar-refractivity contribution >= 4 is 0 Å². The summed E-state index contributed by atoms with van der Waals surface area (Å²) in [7, 11) is 0. The number of ether oxygens (including phenoxy) is 1. The minimum absolute atomic E-state index is 0.231. The van der Waals surface area contributed by atoms with Crippen LogP contribution in [0.1, 0.15) is 31.0 Å². The summed E-state index contributed by atoms with van der Waals surface area (Å²) in [6, 6.07) is 8.36. The molecule has 1 aliphatic rings. The van der Waals surface area contributed by atoms with Crippen molar-refractivity contribution in [3.63, 3.8) is 0 Å². The normalized spacial score (nSPS) is 15.4. The van der Waals surface area contributed by atoms with E-state index in [-0.39, 0.29) is 6.04 Å². The molecule has 1 aromatic rings. The quantitative estimate of drug-likeness (QED) is 0.842. The molecule has 0 bridgehead atoms. The van der Waals surface area contributed by atoms with E-state index < -0.39 is 0 Å². The van der Waals surface area contributed by atoms with Gasteiger partial charge in [-0.2, -0.15) is 5.26 Å². The van der Waals surface area contributed by atoms with Gasteiger partial charge in [0.2, 0.25) is 0 Å². The standard InChI is InChI=1S/C13H16N2O/c1-9(2)15-12(8-14)10-3-4-13-11(7-10)5-6-16-13/h3-4,7,9,12,15H,5-6H2,1-2H3. The first-order valence-electron chi connectivity index (χ1n) is 5.62. The number of nitrogens with zero attached hydrogens (tertiary/aromatic N) is 1. The van der Waals surface area contributed by atoms with Gasteiger partial charge in [0.15, 0.2) is 0 Å².